The highest BCUT2D eigenvalue weighted by atomic mass is 35.5. The molecule has 0 saturated carbocycles. The minimum atomic E-state index is -0.263. The molecule has 0 fully saturated rings. The number of para-hydroxylation sites is 1. The number of rotatable bonds is 4. The average Bonchev–Trinajstić information content (AvgIpc) is 2.47. The highest BCUT2D eigenvalue weighted by molar-refractivity contribution is 5.93. The smallest absolute Gasteiger partial charge is 0.259 e. The van der Waals surface area contributed by atoms with E-state index < -0.39 is 0 Å². The van der Waals surface area contributed by atoms with E-state index in [-0.39, 0.29) is 30.8 Å². The Morgan fingerprint density at radius 2 is 1.86 bits per heavy atom. The van der Waals surface area contributed by atoms with Crippen molar-refractivity contribution in [2.75, 3.05) is 14.1 Å². The first-order valence-electron chi connectivity index (χ1n) is 6.56. The van der Waals surface area contributed by atoms with Crippen molar-refractivity contribution in [2.45, 2.75) is 6.54 Å². The van der Waals surface area contributed by atoms with E-state index in [4.69, 9.17) is 0 Å². The first-order valence-corrected chi connectivity index (χ1v) is 6.56. The summed E-state index contributed by atoms with van der Waals surface area (Å²) in [6.45, 7) is 0.101. The fourth-order valence-corrected chi connectivity index (χ4v) is 1.84. The quantitative estimate of drug-likeness (QED) is 0.483. The van der Waals surface area contributed by atoms with E-state index >= 15 is 0 Å². The summed E-state index contributed by atoms with van der Waals surface area (Å²) in [5.74, 6) is -0.363. The third kappa shape index (κ3) is 4.86. The molecule has 0 saturated heterocycles. The van der Waals surface area contributed by atoms with E-state index in [0.29, 0.717) is 11.3 Å². The minimum Gasteiger partial charge on any atom is -0.857 e. The standard InChI is InChI=1S/C16H17N3O2.ClH/c1-18(2)16(21)13-7-6-10-19(11-13)12-15(20)17-14-8-4-3-5-9-14;/h3-11H,12H2,1-2H3;1H. The van der Waals surface area contributed by atoms with Crippen LogP contribution in [0.25, 0.3) is 0 Å². The van der Waals surface area contributed by atoms with Gasteiger partial charge in [0.1, 0.15) is 5.56 Å². The van der Waals surface area contributed by atoms with E-state index in [2.05, 4.69) is 4.99 Å². The summed E-state index contributed by atoms with van der Waals surface area (Å²) < 4.78 is 1.66. The van der Waals surface area contributed by atoms with Gasteiger partial charge in [-0.2, -0.15) is 4.57 Å². The van der Waals surface area contributed by atoms with Gasteiger partial charge in [-0.3, -0.25) is 9.79 Å². The van der Waals surface area contributed by atoms with Gasteiger partial charge in [-0.15, -0.1) is 12.4 Å². The Morgan fingerprint density at radius 3 is 2.50 bits per heavy atom. The number of benzene rings is 1. The van der Waals surface area contributed by atoms with E-state index in [1.54, 1.807) is 55.3 Å². The second-order valence-corrected chi connectivity index (χ2v) is 4.81. The van der Waals surface area contributed by atoms with E-state index in [1.807, 2.05) is 18.2 Å². The van der Waals surface area contributed by atoms with Gasteiger partial charge >= 0.3 is 0 Å². The summed E-state index contributed by atoms with van der Waals surface area (Å²) in [5.41, 5.74) is 1.17. The molecule has 1 aromatic carbocycles. The molecule has 1 heterocycles. The summed E-state index contributed by atoms with van der Waals surface area (Å²) in [6, 6.07) is 12.5. The molecule has 0 unspecified atom stereocenters. The van der Waals surface area contributed by atoms with Crippen molar-refractivity contribution in [3.8, 4) is 0 Å². The lowest BCUT2D eigenvalue weighted by Gasteiger charge is -2.10. The number of hydrogen-bond acceptors (Lipinski definition) is 3. The number of amides is 1. The molecular formula is C16H18ClN3O2. The Balaban J connectivity index is 0.00000242. The predicted octanol–water partition coefficient (Wildman–Crippen LogP) is 1.19. The zero-order valence-corrected chi connectivity index (χ0v) is 13.3. The molecule has 0 spiro atoms. The van der Waals surface area contributed by atoms with Gasteiger partial charge in [0.25, 0.3) is 5.91 Å². The van der Waals surface area contributed by atoms with Gasteiger partial charge in [0.05, 0.1) is 5.69 Å². The minimum absolute atomic E-state index is 0. The maximum atomic E-state index is 11.9. The van der Waals surface area contributed by atoms with E-state index in [9.17, 15) is 9.90 Å². The number of carbonyl (C=O) groups is 1. The molecule has 0 atom stereocenters. The van der Waals surface area contributed by atoms with Gasteiger partial charge in [0.15, 0.2) is 18.9 Å². The van der Waals surface area contributed by atoms with Crippen LogP contribution < -0.4 is 9.67 Å². The fourth-order valence-electron chi connectivity index (χ4n) is 1.84. The molecule has 6 heteroatoms. The van der Waals surface area contributed by atoms with E-state index in [1.165, 1.54) is 4.90 Å². The molecule has 2 rings (SSSR count). The van der Waals surface area contributed by atoms with Crippen LogP contribution in [-0.4, -0.2) is 30.8 Å². The monoisotopic (exact) mass is 319 g/mol. The molecule has 1 amide bonds. The number of nitrogens with zero attached hydrogens (tertiary/aromatic N) is 3. The van der Waals surface area contributed by atoms with Crippen molar-refractivity contribution in [3.63, 3.8) is 0 Å². The normalized spacial score (nSPS) is 10.7. The van der Waals surface area contributed by atoms with Crippen molar-refractivity contribution < 1.29 is 14.5 Å². The summed E-state index contributed by atoms with van der Waals surface area (Å²) in [6.07, 6.45) is 3.39. The number of carbonyl (C=O) groups excluding carboxylic acids is 1. The molecule has 5 nitrogen and oxygen atoms in total. The third-order valence-electron chi connectivity index (χ3n) is 2.84. The van der Waals surface area contributed by atoms with Crippen LogP contribution in [0.1, 0.15) is 10.4 Å². The zero-order valence-electron chi connectivity index (χ0n) is 12.5. The number of halogens is 1. The summed E-state index contributed by atoms with van der Waals surface area (Å²) >= 11 is 0. The van der Waals surface area contributed by atoms with Crippen molar-refractivity contribution in [2.24, 2.45) is 4.99 Å². The molecule has 0 N–H and O–H groups in total. The van der Waals surface area contributed by atoms with Gasteiger partial charge < -0.3 is 10.0 Å². The number of aliphatic imine (C=N–C) groups is 1. The molecule has 1 aromatic heterocycles. The van der Waals surface area contributed by atoms with Crippen molar-refractivity contribution >= 4 is 29.9 Å². The summed E-state index contributed by atoms with van der Waals surface area (Å²) in [4.78, 5) is 17.4. The summed E-state index contributed by atoms with van der Waals surface area (Å²) in [7, 11) is 3.38. The van der Waals surface area contributed by atoms with Crippen LogP contribution in [0.2, 0.25) is 0 Å². The second kappa shape index (κ2) is 8.14. The molecule has 0 aliphatic heterocycles. The molecule has 0 aliphatic rings. The summed E-state index contributed by atoms with van der Waals surface area (Å²) in [5, 5.41) is 11.9. The lowest BCUT2D eigenvalue weighted by molar-refractivity contribution is -0.687. The third-order valence-corrected chi connectivity index (χ3v) is 2.84. The van der Waals surface area contributed by atoms with Gasteiger partial charge in [0, 0.05) is 26.1 Å². The predicted molar refractivity (Wildman–Crippen MR) is 85.4 cm³/mol. The Labute approximate surface area is 136 Å². The van der Waals surface area contributed by atoms with Crippen LogP contribution in [0.15, 0.2) is 59.9 Å². The molecule has 0 radical (unpaired) electrons. The molecule has 0 aliphatic carbocycles. The topological polar surface area (TPSA) is 59.6 Å². The Hall–Kier alpha value is -2.40. The van der Waals surface area contributed by atoms with Crippen LogP contribution in [-0.2, 0) is 6.54 Å². The maximum absolute atomic E-state index is 11.9. The highest BCUT2D eigenvalue weighted by Gasteiger charge is 2.12. The van der Waals surface area contributed by atoms with Gasteiger partial charge in [-0.1, -0.05) is 18.2 Å². The molecule has 0 bridgehead atoms. The number of aromatic nitrogens is 1. The van der Waals surface area contributed by atoms with Crippen LogP contribution >= 0.6 is 12.4 Å². The van der Waals surface area contributed by atoms with Crippen LogP contribution in [0.3, 0.4) is 0 Å². The fraction of sp³-hybridized carbons (Fsp3) is 0.188. The maximum Gasteiger partial charge on any atom is 0.259 e. The Morgan fingerprint density at radius 1 is 1.18 bits per heavy atom. The Bertz CT molecular complexity index is 657. The van der Waals surface area contributed by atoms with Crippen molar-refractivity contribution in [3.05, 3.63) is 60.4 Å². The van der Waals surface area contributed by atoms with E-state index in [0.717, 1.165) is 0 Å². The van der Waals surface area contributed by atoms with Crippen LogP contribution in [0, 0.1) is 0 Å². The molecule has 22 heavy (non-hydrogen) atoms. The highest BCUT2D eigenvalue weighted by Crippen LogP contribution is 2.09. The molecule has 116 valence electrons. The second-order valence-electron chi connectivity index (χ2n) is 4.81. The first-order chi connectivity index (χ1) is 10.1. The molecule has 2 aromatic rings. The largest absolute Gasteiger partial charge is 0.857 e. The SMILES string of the molecule is CN(C)C(=O)c1ccc[n+](CC([O-])=Nc2ccccc2)c1.Cl. The van der Waals surface area contributed by atoms with Crippen LogP contribution in [0.4, 0.5) is 5.69 Å². The van der Waals surface area contributed by atoms with Crippen LogP contribution in [0.5, 0.6) is 0 Å². The first kappa shape index (κ1) is 17.7. The molecular weight excluding hydrogens is 302 g/mol. The average molecular weight is 320 g/mol. The van der Waals surface area contributed by atoms with Crippen molar-refractivity contribution in [1.29, 1.82) is 0 Å². The van der Waals surface area contributed by atoms with Gasteiger partial charge in [0.2, 0.25) is 0 Å². The van der Waals surface area contributed by atoms with Gasteiger partial charge in [-0.05, 0) is 18.2 Å². The number of pyridine rings is 1. The van der Waals surface area contributed by atoms with Crippen molar-refractivity contribution in [1.82, 2.24) is 4.90 Å². The Kier molecular flexibility index (Phi) is 6.53. The number of hydrogen-bond donors (Lipinski definition) is 0. The zero-order chi connectivity index (χ0) is 15.2. The lowest BCUT2D eigenvalue weighted by atomic mass is 10.2. The lowest BCUT2D eigenvalue weighted by Crippen LogP contribution is -2.42. The van der Waals surface area contributed by atoms with Gasteiger partial charge in [-0.25, -0.2) is 0 Å².